The maximum absolute atomic E-state index is 12.7. The van der Waals surface area contributed by atoms with Gasteiger partial charge in [0.05, 0.1) is 5.25 Å². The Morgan fingerprint density at radius 2 is 1.87 bits per heavy atom. The topological polar surface area (TPSA) is 35.6 Å². The van der Waals surface area contributed by atoms with Gasteiger partial charge in [-0.05, 0) is 18.9 Å². The van der Waals surface area contributed by atoms with Crippen molar-refractivity contribution in [2.75, 3.05) is 39.3 Å². The minimum absolute atomic E-state index is 0.115. The molecule has 1 aromatic rings. The third-order valence-electron chi connectivity index (χ3n) is 4.73. The predicted octanol–water partition coefficient (Wildman–Crippen LogP) is 2.25. The smallest absolute Gasteiger partial charge is 0.236 e. The van der Waals surface area contributed by atoms with Gasteiger partial charge in [-0.15, -0.1) is 11.8 Å². The summed E-state index contributed by atoms with van der Waals surface area (Å²) in [7, 11) is 0. The van der Waals surface area contributed by atoms with Crippen LogP contribution in [0.3, 0.4) is 0 Å². The van der Waals surface area contributed by atoms with Crippen molar-refractivity contribution in [3.63, 3.8) is 0 Å². The number of hydrogen-bond donors (Lipinski definition) is 1. The first-order valence-electron chi connectivity index (χ1n) is 8.64. The van der Waals surface area contributed by atoms with Crippen LogP contribution in [0.4, 0.5) is 0 Å². The molecular formula is C18H27N3OS. The van der Waals surface area contributed by atoms with Crippen molar-refractivity contribution in [1.82, 2.24) is 15.1 Å². The van der Waals surface area contributed by atoms with Crippen LogP contribution in [0, 0.1) is 6.92 Å². The van der Waals surface area contributed by atoms with Crippen molar-refractivity contribution < 1.29 is 4.79 Å². The average molecular weight is 334 g/mol. The molecule has 2 aliphatic heterocycles. The van der Waals surface area contributed by atoms with E-state index >= 15 is 0 Å². The lowest BCUT2D eigenvalue weighted by molar-refractivity contribution is -0.130. The number of aryl methyl sites for hydroxylation is 1. The Kier molecular flexibility index (Phi) is 5.62. The Morgan fingerprint density at radius 3 is 2.52 bits per heavy atom. The quantitative estimate of drug-likeness (QED) is 0.896. The zero-order valence-corrected chi connectivity index (χ0v) is 14.9. The fraction of sp³-hybridized carbons (Fsp3) is 0.611. The van der Waals surface area contributed by atoms with Crippen molar-refractivity contribution in [1.29, 1.82) is 0 Å². The highest BCUT2D eigenvalue weighted by Gasteiger charge is 2.39. The number of thioether (sulfide) groups is 1. The highest BCUT2D eigenvalue weighted by molar-refractivity contribution is 8.01. The first-order chi connectivity index (χ1) is 11.2. The summed E-state index contributed by atoms with van der Waals surface area (Å²) in [6.07, 6.45) is 0.913. The third kappa shape index (κ3) is 3.90. The number of benzene rings is 1. The second-order valence-electron chi connectivity index (χ2n) is 6.42. The van der Waals surface area contributed by atoms with E-state index in [1.54, 1.807) is 0 Å². The van der Waals surface area contributed by atoms with Crippen molar-refractivity contribution >= 4 is 17.7 Å². The fourth-order valence-corrected chi connectivity index (χ4v) is 4.69. The molecule has 2 unspecified atom stereocenters. The van der Waals surface area contributed by atoms with Gasteiger partial charge in [-0.2, -0.15) is 0 Å². The zero-order valence-electron chi connectivity index (χ0n) is 14.1. The van der Waals surface area contributed by atoms with E-state index in [2.05, 4.69) is 53.2 Å². The molecule has 5 heteroatoms. The lowest BCUT2D eigenvalue weighted by Crippen LogP contribution is -2.47. The van der Waals surface area contributed by atoms with E-state index in [4.69, 9.17) is 0 Å². The third-order valence-corrected chi connectivity index (χ3v) is 6.38. The monoisotopic (exact) mass is 333 g/mol. The van der Waals surface area contributed by atoms with Crippen LogP contribution >= 0.6 is 11.8 Å². The van der Waals surface area contributed by atoms with Crippen molar-refractivity contribution in [2.24, 2.45) is 0 Å². The van der Waals surface area contributed by atoms with Gasteiger partial charge in [-0.1, -0.05) is 36.8 Å². The lowest BCUT2D eigenvalue weighted by Gasteiger charge is -2.31. The van der Waals surface area contributed by atoms with Crippen molar-refractivity contribution in [2.45, 2.75) is 30.9 Å². The first-order valence-corrected chi connectivity index (χ1v) is 9.59. The second-order valence-corrected chi connectivity index (χ2v) is 7.71. The van der Waals surface area contributed by atoms with Gasteiger partial charge in [0.2, 0.25) is 5.91 Å². The molecule has 0 bridgehead atoms. The molecule has 1 N–H and O–H groups in total. The number of carbonyl (C=O) groups is 1. The summed E-state index contributed by atoms with van der Waals surface area (Å²) >= 11 is 1.82. The van der Waals surface area contributed by atoms with E-state index < -0.39 is 0 Å². The Labute approximate surface area is 143 Å². The summed E-state index contributed by atoms with van der Waals surface area (Å²) in [4.78, 5) is 17.3. The molecule has 23 heavy (non-hydrogen) atoms. The number of hydrogen-bond acceptors (Lipinski definition) is 4. The summed E-state index contributed by atoms with van der Waals surface area (Å²) in [6.45, 7) is 10.3. The molecular weight excluding hydrogens is 306 g/mol. The Balaban J connectivity index is 1.70. The molecule has 0 radical (unpaired) electrons. The SMILES string of the molecule is CCC1SC(c2ccc(C)cc2)N(CCN2CCNCC2)C1=O. The summed E-state index contributed by atoms with van der Waals surface area (Å²) in [5, 5.41) is 3.67. The van der Waals surface area contributed by atoms with E-state index in [1.807, 2.05) is 11.8 Å². The van der Waals surface area contributed by atoms with Crippen LogP contribution in [0.15, 0.2) is 24.3 Å². The van der Waals surface area contributed by atoms with Gasteiger partial charge in [-0.3, -0.25) is 9.69 Å². The number of rotatable bonds is 5. The van der Waals surface area contributed by atoms with Gasteiger partial charge in [0.15, 0.2) is 0 Å². The predicted molar refractivity (Wildman–Crippen MR) is 96.6 cm³/mol. The van der Waals surface area contributed by atoms with E-state index in [-0.39, 0.29) is 10.6 Å². The summed E-state index contributed by atoms with van der Waals surface area (Å²) in [6, 6.07) is 8.65. The van der Waals surface area contributed by atoms with Crippen LogP contribution in [-0.2, 0) is 4.79 Å². The van der Waals surface area contributed by atoms with Gasteiger partial charge >= 0.3 is 0 Å². The van der Waals surface area contributed by atoms with E-state index in [1.165, 1.54) is 11.1 Å². The standard InChI is InChI=1S/C18H27N3OS/c1-3-16-17(22)21(13-12-20-10-8-19-9-11-20)18(23-16)15-6-4-14(2)5-7-15/h4-7,16,18-19H,3,8-13H2,1-2H3. The Morgan fingerprint density at radius 1 is 1.17 bits per heavy atom. The number of carbonyl (C=O) groups excluding carboxylic acids is 1. The van der Waals surface area contributed by atoms with Gasteiger partial charge in [-0.25, -0.2) is 0 Å². The average Bonchev–Trinajstić information content (AvgIpc) is 2.90. The molecule has 1 amide bonds. The molecule has 126 valence electrons. The fourth-order valence-electron chi connectivity index (χ4n) is 3.26. The van der Waals surface area contributed by atoms with Crippen molar-refractivity contribution in [3.8, 4) is 0 Å². The maximum atomic E-state index is 12.7. The van der Waals surface area contributed by atoms with Gasteiger partial charge in [0, 0.05) is 39.3 Å². The zero-order chi connectivity index (χ0) is 16.2. The normalized spacial score (nSPS) is 26.0. The van der Waals surface area contributed by atoms with E-state index in [0.29, 0.717) is 5.91 Å². The molecule has 0 saturated carbocycles. The maximum Gasteiger partial charge on any atom is 0.236 e. The molecule has 2 atom stereocenters. The number of nitrogens with one attached hydrogen (secondary N) is 1. The molecule has 2 aliphatic rings. The summed E-state index contributed by atoms with van der Waals surface area (Å²) in [5.41, 5.74) is 2.52. The van der Waals surface area contributed by atoms with Crippen LogP contribution in [0.2, 0.25) is 0 Å². The number of amides is 1. The molecule has 0 spiro atoms. The first kappa shape index (κ1) is 16.8. The van der Waals surface area contributed by atoms with Gasteiger partial charge in [0.1, 0.15) is 5.37 Å². The van der Waals surface area contributed by atoms with Gasteiger partial charge < -0.3 is 10.2 Å². The van der Waals surface area contributed by atoms with Gasteiger partial charge in [0.25, 0.3) is 0 Å². The lowest BCUT2D eigenvalue weighted by atomic mass is 10.1. The van der Waals surface area contributed by atoms with Crippen LogP contribution in [-0.4, -0.2) is 60.2 Å². The minimum Gasteiger partial charge on any atom is -0.324 e. The van der Waals surface area contributed by atoms with Crippen LogP contribution in [0.1, 0.15) is 29.8 Å². The molecule has 1 aromatic carbocycles. The van der Waals surface area contributed by atoms with Crippen molar-refractivity contribution in [3.05, 3.63) is 35.4 Å². The Bertz CT molecular complexity index is 528. The Hall–Kier alpha value is -1.04. The molecule has 0 aromatic heterocycles. The van der Waals surface area contributed by atoms with E-state index in [9.17, 15) is 4.79 Å². The number of nitrogens with zero attached hydrogens (tertiary/aromatic N) is 2. The second kappa shape index (κ2) is 7.69. The van der Waals surface area contributed by atoms with E-state index in [0.717, 1.165) is 45.7 Å². The minimum atomic E-state index is 0.115. The molecule has 2 saturated heterocycles. The highest BCUT2D eigenvalue weighted by atomic mass is 32.2. The molecule has 2 heterocycles. The highest BCUT2D eigenvalue weighted by Crippen LogP contribution is 2.43. The molecule has 4 nitrogen and oxygen atoms in total. The molecule has 2 fully saturated rings. The molecule has 3 rings (SSSR count). The van der Waals surface area contributed by atoms with Crippen LogP contribution < -0.4 is 5.32 Å². The van der Waals surface area contributed by atoms with Crippen LogP contribution in [0.5, 0.6) is 0 Å². The van der Waals surface area contributed by atoms with Crippen LogP contribution in [0.25, 0.3) is 0 Å². The number of piperazine rings is 1. The molecule has 0 aliphatic carbocycles. The largest absolute Gasteiger partial charge is 0.324 e. The summed E-state index contributed by atoms with van der Waals surface area (Å²) < 4.78 is 0. The summed E-state index contributed by atoms with van der Waals surface area (Å²) in [5.74, 6) is 0.318.